The fourth-order valence-corrected chi connectivity index (χ4v) is 3.38. The summed E-state index contributed by atoms with van der Waals surface area (Å²) in [7, 11) is 0. The van der Waals surface area contributed by atoms with E-state index >= 15 is 0 Å². The Bertz CT molecular complexity index is 1070. The second-order valence-electron chi connectivity index (χ2n) is 7.47. The molecule has 0 heterocycles. The number of hydrogen-bond acceptors (Lipinski definition) is 4. The molecule has 33 heavy (non-hydrogen) atoms. The lowest BCUT2D eigenvalue weighted by molar-refractivity contribution is -0.144. The van der Waals surface area contributed by atoms with Gasteiger partial charge in [0.25, 0.3) is 5.91 Å². The molecule has 170 valence electrons. The molecular weight excluding hydrogens is 416 g/mol. The summed E-state index contributed by atoms with van der Waals surface area (Å²) in [4.78, 5) is 38.9. The average molecular weight is 445 g/mol. The number of rotatable bonds is 10. The van der Waals surface area contributed by atoms with Gasteiger partial charge in [0.1, 0.15) is 0 Å². The van der Waals surface area contributed by atoms with E-state index < -0.39 is 5.97 Å². The van der Waals surface area contributed by atoms with Crippen molar-refractivity contribution in [3.8, 4) is 0 Å². The van der Waals surface area contributed by atoms with Crippen molar-refractivity contribution in [2.75, 3.05) is 23.4 Å². The minimum atomic E-state index is -0.411. The molecule has 2 amide bonds. The van der Waals surface area contributed by atoms with Crippen molar-refractivity contribution in [3.05, 3.63) is 96.1 Å². The minimum Gasteiger partial charge on any atom is -0.465 e. The van der Waals surface area contributed by atoms with E-state index in [0.29, 0.717) is 24.2 Å². The standard InChI is InChI=1S/C27H28N2O4/c1-2-29(24-14-7-4-8-15-24)27(32)22-12-9-13-23(20-22)28-25(30)16-17-26(31)33-19-18-21-10-5-3-6-11-21/h3-15,20H,2,16-19H2,1H3,(H,28,30). The van der Waals surface area contributed by atoms with Crippen molar-refractivity contribution < 1.29 is 19.1 Å². The fraction of sp³-hybridized carbons (Fsp3) is 0.222. The maximum Gasteiger partial charge on any atom is 0.306 e. The van der Waals surface area contributed by atoms with E-state index in [0.717, 1.165) is 11.3 Å². The first kappa shape index (κ1) is 23.7. The molecule has 0 aromatic heterocycles. The Morgan fingerprint density at radius 2 is 1.55 bits per heavy atom. The summed E-state index contributed by atoms with van der Waals surface area (Å²) in [5.74, 6) is -0.872. The maximum atomic E-state index is 13.0. The molecule has 3 aromatic carbocycles. The van der Waals surface area contributed by atoms with Gasteiger partial charge in [-0.1, -0.05) is 54.6 Å². The Morgan fingerprint density at radius 1 is 0.848 bits per heavy atom. The largest absolute Gasteiger partial charge is 0.465 e. The van der Waals surface area contributed by atoms with Crippen molar-refractivity contribution in [2.45, 2.75) is 26.2 Å². The predicted octanol–water partition coefficient (Wildman–Crippen LogP) is 4.86. The van der Waals surface area contributed by atoms with Crippen LogP contribution in [0.5, 0.6) is 0 Å². The number of benzene rings is 3. The molecule has 0 radical (unpaired) electrons. The molecule has 0 unspecified atom stereocenters. The van der Waals surface area contributed by atoms with Crippen LogP contribution in [0.25, 0.3) is 0 Å². The van der Waals surface area contributed by atoms with Gasteiger partial charge in [-0.2, -0.15) is 0 Å². The summed E-state index contributed by atoms with van der Waals surface area (Å²) in [5.41, 5.74) is 2.88. The molecule has 6 nitrogen and oxygen atoms in total. The molecule has 6 heteroatoms. The lowest BCUT2D eigenvalue weighted by Gasteiger charge is -2.21. The van der Waals surface area contributed by atoms with Gasteiger partial charge in [0.2, 0.25) is 5.91 Å². The van der Waals surface area contributed by atoms with Gasteiger partial charge in [-0.05, 0) is 42.8 Å². The number of nitrogens with zero attached hydrogens (tertiary/aromatic N) is 1. The van der Waals surface area contributed by atoms with Crippen LogP contribution in [0.2, 0.25) is 0 Å². The topological polar surface area (TPSA) is 75.7 Å². The third kappa shape index (κ3) is 7.31. The van der Waals surface area contributed by atoms with Crippen LogP contribution in [0.1, 0.15) is 35.7 Å². The van der Waals surface area contributed by atoms with Crippen molar-refractivity contribution in [2.24, 2.45) is 0 Å². The number of carbonyl (C=O) groups is 3. The molecule has 0 aliphatic carbocycles. The molecule has 0 saturated carbocycles. The number of carbonyl (C=O) groups excluding carboxylic acids is 3. The molecule has 1 N–H and O–H groups in total. The first-order chi connectivity index (χ1) is 16.1. The summed E-state index contributed by atoms with van der Waals surface area (Å²) >= 11 is 0. The van der Waals surface area contributed by atoms with Crippen LogP contribution in [0, 0.1) is 0 Å². The molecule has 0 aliphatic rings. The van der Waals surface area contributed by atoms with E-state index in [1.807, 2.05) is 67.6 Å². The van der Waals surface area contributed by atoms with Gasteiger partial charge in [0, 0.05) is 36.3 Å². The zero-order valence-electron chi connectivity index (χ0n) is 18.7. The lowest BCUT2D eigenvalue weighted by atomic mass is 10.1. The van der Waals surface area contributed by atoms with Gasteiger partial charge in [0.05, 0.1) is 13.0 Å². The van der Waals surface area contributed by atoms with Crippen molar-refractivity contribution in [3.63, 3.8) is 0 Å². The van der Waals surface area contributed by atoms with Crippen molar-refractivity contribution in [1.82, 2.24) is 0 Å². The van der Waals surface area contributed by atoms with Crippen LogP contribution in [-0.2, 0) is 20.7 Å². The van der Waals surface area contributed by atoms with Gasteiger partial charge in [-0.15, -0.1) is 0 Å². The Labute approximate surface area is 194 Å². The summed E-state index contributed by atoms with van der Waals surface area (Å²) in [6.07, 6.45) is 0.641. The van der Waals surface area contributed by atoms with Crippen LogP contribution in [0.4, 0.5) is 11.4 Å². The highest BCUT2D eigenvalue weighted by Crippen LogP contribution is 2.19. The zero-order chi connectivity index (χ0) is 23.5. The first-order valence-electron chi connectivity index (χ1n) is 11.0. The molecule has 0 atom stereocenters. The number of esters is 1. The van der Waals surface area contributed by atoms with Gasteiger partial charge < -0.3 is 15.0 Å². The Kier molecular flexibility index (Phi) is 8.77. The highest BCUT2D eigenvalue weighted by Gasteiger charge is 2.17. The number of ether oxygens (including phenoxy) is 1. The second kappa shape index (κ2) is 12.2. The Hall–Kier alpha value is -3.93. The van der Waals surface area contributed by atoms with Crippen LogP contribution in [0.15, 0.2) is 84.9 Å². The number of nitrogens with one attached hydrogen (secondary N) is 1. The quantitative estimate of drug-likeness (QED) is 0.453. The zero-order valence-corrected chi connectivity index (χ0v) is 18.7. The van der Waals surface area contributed by atoms with Gasteiger partial charge in [-0.3, -0.25) is 14.4 Å². The number of hydrogen-bond donors (Lipinski definition) is 1. The van der Waals surface area contributed by atoms with E-state index in [9.17, 15) is 14.4 Å². The maximum absolute atomic E-state index is 13.0. The molecular formula is C27H28N2O4. The number of para-hydroxylation sites is 1. The van der Waals surface area contributed by atoms with E-state index in [1.54, 1.807) is 29.2 Å². The van der Waals surface area contributed by atoms with Crippen LogP contribution in [-0.4, -0.2) is 30.9 Å². The average Bonchev–Trinajstić information content (AvgIpc) is 2.85. The molecule has 3 rings (SSSR count). The summed E-state index contributed by atoms with van der Waals surface area (Å²) in [6, 6.07) is 26.0. The number of amides is 2. The van der Waals surface area contributed by atoms with Crippen LogP contribution >= 0.6 is 0 Å². The normalized spacial score (nSPS) is 10.3. The van der Waals surface area contributed by atoms with E-state index in [4.69, 9.17) is 4.74 Å². The fourth-order valence-electron chi connectivity index (χ4n) is 3.38. The molecule has 0 saturated heterocycles. The van der Waals surface area contributed by atoms with E-state index in [-0.39, 0.29) is 31.3 Å². The summed E-state index contributed by atoms with van der Waals surface area (Å²) in [6.45, 7) is 2.71. The summed E-state index contributed by atoms with van der Waals surface area (Å²) < 4.78 is 5.21. The van der Waals surface area contributed by atoms with Crippen LogP contribution in [0.3, 0.4) is 0 Å². The lowest BCUT2D eigenvalue weighted by Crippen LogP contribution is -2.30. The van der Waals surface area contributed by atoms with Gasteiger partial charge in [-0.25, -0.2) is 0 Å². The molecule has 0 aliphatic heterocycles. The number of anilines is 2. The van der Waals surface area contributed by atoms with Gasteiger partial charge >= 0.3 is 5.97 Å². The molecule has 0 fully saturated rings. The SMILES string of the molecule is CCN(C(=O)c1cccc(NC(=O)CCC(=O)OCCc2ccccc2)c1)c1ccccc1. The molecule has 0 bridgehead atoms. The highest BCUT2D eigenvalue weighted by atomic mass is 16.5. The third-order valence-corrected chi connectivity index (χ3v) is 5.08. The molecule has 3 aromatic rings. The van der Waals surface area contributed by atoms with Crippen LogP contribution < -0.4 is 10.2 Å². The predicted molar refractivity (Wildman–Crippen MR) is 129 cm³/mol. The second-order valence-corrected chi connectivity index (χ2v) is 7.47. The first-order valence-corrected chi connectivity index (χ1v) is 11.0. The van der Waals surface area contributed by atoms with Crippen molar-refractivity contribution >= 4 is 29.2 Å². The third-order valence-electron chi connectivity index (χ3n) is 5.08. The smallest absolute Gasteiger partial charge is 0.306 e. The Morgan fingerprint density at radius 3 is 2.24 bits per heavy atom. The summed E-state index contributed by atoms with van der Waals surface area (Å²) in [5, 5.41) is 2.75. The van der Waals surface area contributed by atoms with E-state index in [2.05, 4.69) is 5.32 Å². The van der Waals surface area contributed by atoms with Gasteiger partial charge in [0.15, 0.2) is 0 Å². The van der Waals surface area contributed by atoms with E-state index in [1.165, 1.54) is 0 Å². The monoisotopic (exact) mass is 444 g/mol. The molecule has 0 spiro atoms. The highest BCUT2D eigenvalue weighted by molar-refractivity contribution is 6.07. The minimum absolute atomic E-state index is 0.00311. The Balaban J connectivity index is 1.48. The van der Waals surface area contributed by atoms with Crippen molar-refractivity contribution in [1.29, 1.82) is 0 Å².